The summed E-state index contributed by atoms with van der Waals surface area (Å²) in [5, 5.41) is 3.00. The number of ether oxygens (including phenoxy) is 1. The minimum atomic E-state index is -0.333. The summed E-state index contributed by atoms with van der Waals surface area (Å²) in [5.41, 5.74) is 5.49. The van der Waals surface area contributed by atoms with E-state index in [4.69, 9.17) is 10.5 Å². The Kier molecular flexibility index (Phi) is 4.95. The monoisotopic (exact) mass is 242 g/mol. The molecule has 0 aliphatic heterocycles. The van der Waals surface area contributed by atoms with Crippen molar-refractivity contribution in [2.24, 2.45) is 11.7 Å². The van der Waals surface area contributed by atoms with Crippen LogP contribution in [0.25, 0.3) is 0 Å². The van der Waals surface area contributed by atoms with Crippen molar-refractivity contribution in [2.75, 3.05) is 6.61 Å². The lowest BCUT2D eigenvalue weighted by Crippen LogP contribution is -2.55. The number of hydrogen-bond donors (Lipinski definition) is 2. The molecule has 1 amide bonds. The van der Waals surface area contributed by atoms with E-state index in [-0.39, 0.29) is 17.5 Å². The largest absolute Gasteiger partial charge is 0.378 e. The van der Waals surface area contributed by atoms with Crippen molar-refractivity contribution in [3.05, 3.63) is 0 Å². The number of carbonyl (C=O) groups excluding carboxylic acids is 1. The van der Waals surface area contributed by atoms with E-state index >= 15 is 0 Å². The molecule has 0 spiro atoms. The van der Waals surface area contributed by atoms with Crippen LogP contribution < -0.4 is 11.1 Å². The number of amides is 1. The normalized spacial score (nSPS) is 26.2. The molecule has 0 aromatic heterocycles. The highest BCUT2D eigenvalue weighted by Gasteiger charge is 2.32. The molecule has 1 aliphatic carbocycles. The summed E-state index contributed by atoms with van der Waals surface area (Å²) in [6.45, 7) is 8.60. The molecule has 0 radical (unpaired) electrons. The molecule has 17 heavy (non-hydrogen) atoms. The lowest BCUT2D eigenvalue weighted by Gasteiger charge is -2.36. The summed E-state index contributed by atoms with van der Waals surface area (Å²) in [6, 6.07) is -0.0518. The van der Waals surface area contributed by atoms with Gasteiger partial charge in [-0.3, -0.25) is 4.79 Å². The molecule has 1 saturated carbocycles. The van der Waals surface area contributed by atoms with E-state index in [0.29, 0.717) is 18.4 Å². The average Bonchev–Trinajstić information content (AvgIpc) is 2.13. The second kappa shape index (κ2) is 5.83. The molecule has 1 fully saturated rings. The van der Waals surface area contributed by atoms with E-state index in [1.807, 2.05) is 27.7 Å². The number of nitrogens with two attached hydrogens (primary N) is 1. The van der Waals surface area contributed by atoms with Crippen molar-refractivity contribution in [3.63, 3.8) is 0 Å². The molecule has 4 nitrogen and oxygen atoms in total. The van der Waals surface area contributed by atoms with Gasteiger partial charge in [0.15, 0.2) is 0 Å². The van der Waals surface area contributed by atoms with Gasteiger partial charge in [-0.25, -0.2) is 0 Å². The third-order valence-corrected chi connectivity index (χ3v) is 3.67. The van der Waals surface area contributed by atoms with Crippen LogP contribution >= 0.6 is 0 Å². The fourth-order valence-electron chi connectivity index (χ4n) is 2.00. The van der Waals surface area contributed by atoms with Crippen LogP contribution in [0.5, 0.6) is 0 Å². The van der Waals surface area contributed by atoms with Gasteiger partial charge in [0.25, 0.3) is 0 Å². The molecule has 1 atom stereocenters. The minimum absolute atomic E-state index is 0.0518. The summed E-state index contributed by atoms with van der Waals surface area (Å²) in [4.78, 5) is 11.8. The van der Waals surface area contributed by atoms with E-state index in [9.17, 15) is 4.79 Å². The van der Waals surface area contributed by atoms with E-state index in [2.05, 4.69) is 5.32 Å². The first kappa shape index (κ1) is 14.5. The van der Waals surface area contributed by atoms with Crippen molar-refractivity contribution in [3.8, 4) is 0 Å². The summed E-state index contributed by atoms with van der Waals surface area (Å²) in [5.74, 6) is 0.586. The third kappa shape index (κ3) is 4.28. The summed E-state index contributed by atoms with van der Waals surface area (Å²) in [6.07, 6.45) is 3.00. The minimum Gasteiger partial charge on any atom is -0.378 e. The first-order valence-electron chi connectivity index (χ1n) is 6.53. The second-order valence-electron chi connectivity index (χ2n) is 5.68. The van der Waals surface area contributed by atoms with E-state index in [1.165, 1.54) is 0 Å². The van der Waals surface area contributed by atoms with Crippen molar-refractivity contribution in [1.29, 1.82) is 0 Å². The number of nitrogens with one attached hydrogen (secondary N) is 1. The molecule has 0 aromatic rings. The van der Waals surface area contributed by atoms with Gasteiger partial charge in [-0.05, 0) is 46.5 Å². The van der Waals surface area contributed by atoms with Gasteiger partial charge in [0.2, 0.25) is 5.91 Å². The Balaban J connectivity index is 2.23. The van der Waals surface area contributed by atoms with Crippen LogP contribution in [-0.2, 0) is 9.53 Å². The van der Waals surface area contributed by atoms with Gasteiger partial charge in [0.05, 0.1) is 6.10 Å². The number of hydrogen-bond acceptors (Lipinski definition) is 3. The maximum absolute atomic E-state index is 11.8. The maximum Gasteiger partial charge on any atom is 0.220 e. The molecule has 1 unspecified atom stereocenters. The zero-order valence-corrected chi connectivity index (χ0v) is 11.5. The predicted octanol–water partition coefficient (Wildman–Crippen LogP) is 1.43. The van der Waals surface area contributed by atoms with Gasteiger partial charge >= 0.3 is 0 Å². The maximum atomic E-state index is 11.8. The molecular formula is C13H26N2O2. The Morgan fingerprint density at radius 3 is 2.59 bits per heavy atom. The van der Waals surface area contributed by atoms with Gasteiger partial charge in [0, 0.05) is 24.6 Å². The van der Waals surface area contributed by atoms with Crippen molar-refractivity contribution >= 4 is 5.91 Å². The van der Waals surface area contributed by atoms with Crippen LogP contribution in [-0.4, -0.2) is 30.2 Å². The van der Waals surface area contributed by atoms with E-state index < -0.39 is 0 Å². The molecule has 0 aromatic carbocycles. The molecule has 100 valence electrons. The summed E-state index contributed by atoms with van der Waals surface area (Å²) < 4.78 is 5.48. The van der Waals surface area contributed by atoms with Crippen LogP contribution in [0.15, 0.2) is 0 Å². The first-order valence-corrected chi connectivity index (χ1v) is 6.53. The highest BCUT2D eigenvalue weighted by atomic mass is 16.5. The zero-order chi connectivity index (χ0) is 13.1. The van der Waals surface area contributed by atoms with Gasteiger partial charge in [-0.2, -0.15) is 0 Å². The van der Waals surface area contributed by atoms with Gasteiger partial charge in [0.1, 0.15) is 0 Å². The fraction of sp³-hybridized carbons (Fsp3) is 0.923. The van der Waals surface area contributed by atoms with Crippen molar-refractivity contribution < 1.29 is 9.53 Å². The third-order valence-electron chi connectivity index (χ3n) is 3.67. The molecule has 0 saturated heterocycles. The van der Waals surface area contributed by atoms with Gasteiger partial charge in [-0.1, -0.05) is 0 Å². The van der Waals surface area contributed by atoms with Crippen LogP contribution in [0.2, 0.25) is 0 Å². The lowest BCUT2D eigenvalue weighted by atomic mass is 9.79. The standard InChI is InChI=1S/C13H26N2O2/c1-5-17-11-6-10(7-11)8-12(16)15-13(3,4)9(2)14/h9-11H,5-8,14H2,1-4H3,(H,15,16). The van der Waals surface area contributed by atoms with E-state index in [0.717, 1.165) is 19.4 Å². The van der Waals surface area contributed by atoms with Crippen LogP contribution in [0, 0.1) is 5.92 Å². The molecule has 3 N–H and O–H groups in total. The zero-order valence-electron chi connectivity index (χ0n) is 11.5. The SMILES string of the molecule is CCOC1CC(CC(=O)NC(C)(C)C(C)N)C1. The smallest absolute Gasteiger partial charge is 0.220 e. The Morgan fingerprint density at radius 1 is 1.53 bits per heavy atom. The molecule has 4 heteroatoms. The molecular weight excluding hydrogens is 216 g/mol. The molecule has 0 heterocycles. The molecule has 0 bridgehead atoms. The molecule has 1 aliphatic rings. The summed E-state index contributed by atoms with van der Waals surface area (Å²) >= 11 is 0. The number of carbonyl (C=O) groups is 1. The van der Waals surface area contributed by atoms with Gasteiger partial charge in [-0.15, -0.1) is 0 Å². The topological polar surface area (TPSA) is 64.3 Å². The second-order valence-corrected chi connectivity index (χ2v) is 5.68. The van der Waals surface area contributed by atoms with Crippen molar-refractivity contribution in [1.82, 2.24) is 5.32 Å². The summed E-state index contributed by atoms with van der Waals surface area (Å²) in [7, 11) is 0. The molecule has 1 rings (SSSR count). The fourth-order valence-corrected chi connectivity index (χ4v) is 2.00. The Bertz CT molecular complexity index is 258. The highest BCUT2D eigenvalue weighted by Crippen LogP contribution is 2.32. The van der Waals surface area contributed by atoms with Crippen LogP contribution in [0.1, 0.15) is 47.0 Å². The van der Waals surface area contributed by atoms with Crippen molar-refractivity contribution in [2.45, 2.75) is 64.6 Å². The Labute approximate surface area is 104 Å². The number of rotatable bonds is 6. The average molecular weight is 242 g/mol. The van der Waals surface area contributed by atoms with Crippen LogP contribution in [0.4, 0.5) is 0 Å². The Hall–Kier alpha value is -0.610. The van der Waals surface area contributed by atoms with Crippen LogP contribution in [0.3, 0.4) is 0 Å². The predicted molar refractivity (Wildman–Crippen MR) is 68.6 cm³/mol. The van der Waals surface area contributed by atoms with E-state index in [1.54, 1.807) is 0 Å². The quantitative estimate of drug-likeness (QED) is 0.740. The lowest BCUT2D eigenvalue weighted by molar-refractivity contribution is -0.126. The van der Waals surface area contributed by atoms with Gasteiger partial charge < -0.3 is 15.8 Å². The Morgan fingerprint density at radius 2 is 2.12 bits per heavy atom. The highest BCUT2D eigenvalue weighted by molar-refractivity contribution is 5.77. The first-order chi connectivity index (χ1) is 7.85.